The molecule has 0 spiro atoms. The highest BCUT2D eigenvalue weighted by molar-refractivity contribution is 5.59. The molecule has 0 bridgehead atoms. The van der Waals surface area contributed by atoms with E-state index in [9.17, 15) is 0 Å². The van der Waals surface area contributed by atoms with Crippen LogP contribution in [0.4, 0.5) is 5.69 Å². The Labute approximate surface area is 105 Å². The molecule has 0 amide bonds. The fraction of sp³-hybridized carbons (Fsp3) is 0.375. The molecule has 1 N–H and O–H groups in total. The van der Waals surface area contributed by atoms with Crippen molar-refractivity contribution in [2.45, 2.75) is 40.5 Å². The van der Waals surface area contributed by atoms with Gasteiger partial charge in [0.1, 0.15) is 0 Å². The average molecular weight is 229 g/mol. The summed E-state index contributed by atoms with van der Waals surface area (Å²) in [5.74, 6) is 0. The second-order valence-electron chi connectivity index (χ2n) is 3.98. The molecular formula is C16H23N. The van der Waals surface area contributed by atoms with Crippen LogP contribution in [-0.4, -0.2) is 0 Å². The fourth-order valence-corrected chi connectivity index (χ4v) is 1.92. The van der Waals surface area contributed by atoms with Crippen LogP contribution in [0.5, 0.6) is 0 Å². The Morgan fingerprint density at radius 1 is 1.12 bits per heavy atom. The number of fused-ring (bicyclic) bond motifs is 1. The van der Waals surface area contributed by atoms with E-state index in [1.165, 1.54) is 22.5 Å². The number of hydrogen-bond donors (Lipinski definition) is 1. The van der Waals surface area contributed by atoms with Gasteiger partial charge in [0.2, 0.25) is 0 Å². The Morgan fingerprint density at radius 2 is 1.82 bits per heavy atom. The lowest BCUT2D eigenvalue weighted by Crippen LogP contribution is -1.98. The minimum Gasteiger partial charge on any atom is -0.355 e. The number of allylic oxidation sites excluding steroid dienone is 3. The largest absolute Gasteiger partial charge is 0.355 e. The first-order chi connectivity index (χ1) is 8.31. The molecule has 92 valence electrons. The van der Waals surface area contributed by atoms with Crippen LogP contribution in [0, 0.1) is 0 Å². The minimum absolute atomic E-state index is 1.13. The zero-order chi connectivity index (χ0) is 12.7. The van der Waals surface area contributed by atoms with Crippen LogP contribution in [0.2, 0.25) is 0 Å². The molecule has 0 saturated heterocycles. The summed E-state index contributed by atoms with van der Waals surface area (Å²) in [6.45, 7) is 8.26. The number of rotatable bonds is 1. The minimum atomic E-state index is 1.13. The van der Waals surface area contributed by atoms with Crippen LogP contribution in [0.1, 0.15) is 39.7 Å². The molecule has 1 aliphatic heterocycles. The lowest BCUT2D eigenvalue weighted by Gasteiger charge is -2.09. The first kappa shape index (κ1) is 13.6. The van der Waals surface area contributed by atoms with Crippen molar-refractivity contribution in [3.63, 3.8) is 0 Å². The maximum absolute atomic E-state index is 3.50. The predicted octanol–water partition coefficient (Wildman–Crippen LogP) is 4.92. The maximum atomic E-state index is 3.50. The van der Waals surface area contributed by atoms with E-state index in [-0.39, 0.29) is 0 Å². The predicted molar refractivity (Wildman–Crippen MR) is 77.2 cm³/mol. The molecule has 1 heteroatoms. The van der Waals surface area contributed by atoms with Crippen molar-refractivity contribution in [2.75, 3.05) is 5.32 Å². The second-order valence-corrected chi connectivity index (χ2v) is 3.98. The number of para-hydroxylation sites is 1. The van der Waals surface area contributed by atoms with Gasteiger partial charge in [0, 0.05) is 11.4 Å². The first-order valence-electron chi connectivity index (χ1n) is 6.48. The topological polar surface area (TPSA) is 12.0 Å². The van der Waals surface area contributed by atoms with Gasteiger partial charge in [-0.05, 0) is 50.0 Å². The van der Waals surface area contributed by atoms with E-state index < -0.39 is 0 Å². The van der Waals surface area contributed by atoms with Gasteiger partial charge in [-0.2, -0.15) is 0 Å². The molecule has 0 fully saturated rings. The van der Waals surface area contributed by atoms with Crippen LogP contribution in [-0.2, 0) is 6.42 Å². The van der Waals surface area contributed by atoms with Crippen LogP contribution in [0.3, 0.4) is 0 Å². The number of nitrogens with one attached hydrogen (secondary N) is 1. The Kier molecular flexibility index (Phi) is 5.55. The van der Waals surface area contributed by atoms with Crippen LogP contribution < -0.4 is 5.32 Å². The summed E-state index contributed by atoms with van der Waals surface area (Å²) in [5, 5.41) is 3.50. The number of aryl methyl sites for hydroxylation is 1. The standard InChI is InChI=1S/C14H17N.C2H6/c1-3-6-13-11(2)9-10-12-7-4-5-8-14(12)15-13;1-2/h3-8,15H,9-10H2,1-2H3;1-2H3/b6-3-;. The van der Waals surface area contributed by atoms with E-state index in [2.05, 4.69) is 55.6 Å². The molecule has 0 aliphatic carbocycles. The first-order valence-corrected chi connectivity index (χ1v) is 6.48. The summed E-state index contributed by atoms with van der Waals surface area (Å²) < 4.78 is 0. The van der Waals surface area contributed by atoms with E-state index in [1.54, 1.807) is 0 Å². The molecule has 2 rings (SSSR count). The third-order valence-electron chi connectivity index (χ3n) is 2.85. The van der Waals surface area contributed by atoms with E-state index in [0.717, 1.165) is 12.8 Å². The van der Waals surface area contributed by atoms with Crippen molar-refractivity contribution in [1.82, 2.24) is 0 Å². The van der Waals surface area contributed by atoms with Crippen molar-refractivity contribution in [2.24, 2.45) is 0 Å². The molecule has 0 unspecified atom stereocenters. The summed E-state index contributed by atoms with van der Waals surface area (Å²) >= 11 is 0. The lowest BCUT2D eigenvalue weighted by atomic mass is 10.1. The van der Waals surface area contributed by atoms with Crippen molar-refractivity contribution in [3.8, 4) is 0 Å². The molecule has 0 aromatic heterocycles. The van der Waals surface area contributed by atoms with E-state index in [0.29, 0.717) is 0 Å². The zero-order valence-electron chi connectivity index (χ0n) is 11.4. The molecule has 1 nitrogen and oxygen atoms in total. The molecular weight excluding hydrogens is 206 g/mol. The van der Waals surface area contributed by atoms with Crippen LogP contribution >= 0.6 is 0 Å². The lowest BCUT2D eigenvalue weighted by molar-refractivity contribution is 0.948. The SMILES string of the molecule is C/C=C\C1=C(C)CCc2ccccc2N1.CC. The fourth-order valence-electron chi connectivity index (χ4n) is 1.92. The average Bonchev–Trinajstić information content (AvgIpc) is 2.53. The molecule has 1 heterocycles. The van der Waals surface area contributed by atoms with Gasteiger partial charge in [0.15, 0.2) is 0 Å². The summed E-state index contributed by atoms with van der Waals surface area (Å²) in [6.07, 6.45) is 6.51. The van der Waals surface area contributed by atoms with E-state index >= 15 is 0 Å². The van der Waals surface area contributed by atoms with Gasteiger partial charge < -0.3 is 5.32 Å². The number of hydrogen-bond acceptors (Lipinski definition) is 1. The second kappa shape index (κ2) is 6.95. The quantitative estimate of drug-likeness (QED) is 0.720. The van der Waals surface area contributed by atoms with E-state index in [4.69, 9.17) is 0 Å². The molecule has 0 radical (unpaired) electrons. The van der Waals surface area contributed by atoms with Gasteiger partial charge in [-0.1, -0.05) is 38.1 Å². The molecule has 0 saturated carbocycles. The molecule has 0 atom stereocenters. The van der Waals surface area contributed by atoms with Gasteiger partial charge in [-0.3, -0.25) is 0 Å². The van der Waals surface area contributed by atoms with Gasteiger partial charge >= 0.3 is 0 Å². The Balaban J connectivity index is 0.000000686. The van der Waals surface area contributed by atoms with Crippen molar-refractivity contribution < 1.29 is 0 Å². The molecule has 17 heavy (non-hydrogen) atoms. The molecule has 1 aromatic rings. The van der Waals surface area contributed by atoms with Gasteiger partial charge in [-0.25, -0.2) is 0 Å². The van der Waals surface area contributed by atoms with Crippen molar-refractivity contribution in [3.05, 3.63) is 53.3 Å². The normalized spacial score (nSPS) is 14.6. The third kappa shape index (κ3) is 3.48. The zero-order valence-corrected chi connectivity index (χ0v) is 11.4. The number of benzene rings is 1. The summed E-state index contributed by atoms with van der Waals surface area (Å²) in [6, 6.07) is 8.54. The van der Waals surface area contributed by atoms with Crippen LogP contribution in [0.25, 0.3) is 0 Å². The van der Waals surface area contributed by atoms with Gasteiger partial charge in [0.25, 0.3) is 0 Å². The Morgan fingerprint density at radius 3 is 2.53 bits per heavy atom. The Hall–Kier alpha value is -1.50. The highest BCUT2D eigenvalue weighted by atomic mass is 14.9. The van der Waals surface area contributed by atoms with Gasteiger partial charge in [0.05, 0.1) is 0 Å². The summed E-state index contributed by atoms with van der Waals surface area (Å²) in [5.41, 5.74) is 5.35. The van der Waals surface area contributed by atoms with Crippen molar-refractivity contribution >= 4 is 5.69 Å². The monoisotopic (exact) mass is 229 g/mol. The summed E-state index contributed by atoms with van der Waals surface area (Å²) in [4.78, 5) is 0. The van der Waals surface area contributed by atoms with Gasteiger partial charge in [-0.15, -0.1) is 0 Å². The Bertz CT molecular complexity index is 413. The maximum Gasteiger partial charge on any atom is 0.0416 e. The molecule has 1 aliphatic rings. The molecule has 1 aromatic carbocycles. The summed E-state index contributed by atoms with van der Waals surface area (Å²) in [7, 11) is 0. The van der Waals surface area contributed by atoms with Crippen LogP contribution in [0.15, 0.2) is 47.7 Å². The van der Waals surface area contributed by atoms with E-state index in [1.807, 2.05) is 13.8 Å². The van der Waals surface area contributed by atoms with Crippen molar-refractivity contribution in [1.29, 1.82) is 0 Å². The third-order valence-corrected chi connectivity index (χ3v) is 2.85. The highest BCUT2D eigenvalue weighted by Gasteiger charge is 2.09. The number of anilines is 1. The highest BCUT2D eigenvalue weighted by Crippen LogP contribution is 2.26. The smallest absolute Gasteiger partial charge is 0.0416 e.